The van der Waals surface area contributed by atoms with Crippen LogP contribution in [0.2, 0.25) is 0 Å². The Morgan fingerprint density at radius 3 is 2.21 bits per heavy atom. The molecule has 2 aliphatic heterocycles. The third-order valence-corrected chi connectivity index (χ3v) is 8.33. The molecule has 0 aromatic heterocycles. The number of benzene rings is 1. The molecule has 0 bridgehead atoms. The van der Waals surface area contributed by atoms with E-state index in [1.807, 2.05) is 11.0 Å². The second-order valence-corrected chi connectivity index (χ2v) is 10.3. The van der Waals surface area contributed by atoms with E-state index in [9.17, 15) is 13.2 Å². The fraction of sp³-hybridized carbons (Fsp3) is 0.667. The minimum absolute atomic E-state index is 0.0354. The first-order valence-electron chi connectivity index (χ1n) is 10.9. The maximum absolute atomic E-state index is 12.9. The highest BCUT2D eigenvalue weighted by molar-refractivity contribution is 7.86. The molecule has 160 valence electrons. The van der Waals surface area contributed by atoms with Gasteiger partial charge in [-0.15, -0.1) is 0 Å². The smallest absolute Gasteiger partial charge is 0.282 e. The molecule has 3 aliphatic rings. The molecule has 0 radical (unpaired) electrons. The summed E-state index contributed by atoms with van der Waals surface area (Å²) in [5.41, 5.74) is 3.60. The van der Waals surface area contributed by atoms with Crippen molar-refractivity contribution in [3.63, 3.8) is 0 Å². The van der Waals surface area contributed by atoms with Crippen LogP contribution in [0.1, 0.15) is 43.2 Å². The van der Waals surface area contributed by atoms with Gasteiger partial charge in [0, 0.05) is 45.0 Å². The van der Waals surface area contributed by atoms with Gasteiger partial charge < -0.3 is 5.32 Å². The number of nitrogens with one attached hydrogen (secondary N) is 1. The molecule has 1 aliphatic carbocycles. The monoisotopic (exact) mass is 420 g/mol. The molecule has 1 N–H and O–H groups in total. The minimum atomic E-state index is -3.38. The van der Waals surface area contributed by atoms with Crippen molar-refractivity contribution in [3.8, 4) is 0 Å². The Balaban J connectivity index is 1.26. The molecule has 4 rings (SSSR count). The Morgan fingerprint density at radius 2 is 1.48 bits per heavy atom. The number of carbonyl (C=O) groups is 1. The molecule has 0 atom stereocenters. The Bertz CT molecular complexity index is 826. The van der Waals surface area contributed by atoms with E-state index >= 15 is 0 Å². The molecule has 2 saturated heterocycles. The van der Waals surface area contributed by atoms with Gasteiger partial charge in [-0.3, -0.25) is 9.69 Å². The normalized spacial score (nSPS) is 22.2. The lowest BCUT2D eigenvalue weighted by Gasteiger charge is -2.36. The van der Waals surface area contributed by atoms with Crippen LogP contribution in [-0.2, 0) is 27.8 Å². The number of amides is 1. The van der Waals surface area contributed by atoms with Crippen molar-refractivity contribution in [3.05, 3.63) is 29.3 Å². The average molecular weight is 421 g/mol. The van der Waals surface area contributed by atoms with Gasteiger partial charge in [-0.2, -0.15) is 17.0 Å². The van der Waals surface area contributed by atoms with Crippen LogP contribution in [0.3, 0.4) is 0 Å². The lowest BCUT2D eigenvalue weighted by Crippen LogP contribution is -2.54. The number of hydrogen-bond acceptors (Lipinski definition) is 4. The van der Waals surface area contributed by atoms with E-state index in [0.717, 1.165) is 44.2 Å². The molecular weight excluding hydrogens is 388 g/mol. The fourth-order valence-corrected chi connectivity index (χ4v) is 6.28. The topological polar surface area (TPSA) is 73.0 Å². The van der Waals surface area contributed by atoms with E-state index in [1.54, 1.807) is 8.61 Å². The summed E-state index contributed by atoms with van der Waals surface area (Å²) in [5.74, 6) is -0.0354. The van der Waals surface area contributed by atoms with E-state index < -0.39 is 10.2 Å². The van der Waals surface area contributed by atoms with Crippen LogP contribution in [0.4, 0.5) is 5.69 Å². The van der Waals surface area contributed by atoms with Crippen molar-refractivity contribution >= 4 is 21.8 Å². The Kier molecular flexibility index (Phi) is 6.53. The number of aryl methyl sites for hydroxylation is 2. The van der Waals surface area contributed by atoms with Gasteiger partial charge in [-0.05, 0) is 55.4 Å². The van der Waals surface area contributed by atoms with Gasteiger partial charge in [-0.25, -0.2) is 0 Å². The first-order valence-corrected chi connectivity index (χ1v) is 12.3. The second-order valence-electron chi connectivity index (χ2n) is 8.38. The molecule has 0 spiro atoms. The summed E-state index contributed by atoms with van der Waals surface area (Å²) in [6, 6.07) is 6.18. The molecule has 2 heterocycles. The summed E-state index contributed by atoms with van der Waals surface area (Å²) in [6.45, 7) is 3.64. The number of piperazine rings is 1. The molecule has 1 amide bonds. The van der Waals surface area contributed by atoms with E-state index in [-0.39, 0.29) is 5.91 Å². The molecule has 2 fully saturated rings. The van der Waals surface area contributed by atoms with Crippen LogP contribution in [0.15, 0.2) is 18.2 Å². The predicted octanol–water partition coefficient (Wildman–Crippen LogP) is 1.85. The van der Waals surface area contributed by atoms with E-state index in [4.69, 9.17) is 0 Å². The number of anilines is 1. The largest absolute Gasteiger partial charge is 0.325 e. The van der Waals surface area contributed by atoms with E-state index in [2.05, 4.69) is 17.4 Å². The fourth-order valence-electron chi connectivity index (χ4n) is 4.61. The van der Waals surface area contributed by atoms with E-state index in [0.29, 0.717) is 45.8 Å². The maximum atomic E-state index is 12.9. The third kappa shape index (κ3) is 4.99. The summed E-state index contributed by atoms with van der Waals surface area (Å²) < 4.78 is 29.1. The average Bonchev–Trinajstić information content (AvgIpc) is 2.99. The quantitative estimate of drug-likeness (QED) is 0.789. The molecule has 29 heavy (non-hydrogen) atoms. The molecule has 0 unspecified atom stereocenters. The third-order valence-electron chi connectivity index (χ3n) is 6.30. The summed E-state index contributed by atoms with van der Waals surface area (Å²) in [6.07, 6.45) is 7.53. The number of nitrogens with zero attached hydrogens (tertiary/aromatic N) is 3. The van der Waals surface area contributed by atoms with Crippen LogP contribution in [0.5, 0.6) is 0 Å². The van der Waals surface area contributed by atoms with Crippen molar-refractivity contribution < 1.29 is 13.2 Å². The summed E-state index contributed by atoms with van der Waals surface area (Å²) in [5, 5.41) is 3.00. The lowest BCUT2D eigenvalue weighted by molar-refractivity contribution is -0.117. The van der Waals surface area contributed by atoms with Crippen molar-refractivity contribution in [2.24, 2.45) is 0 Å². The van der Waals surface area contributed by atoms with Crippen LogP contribution < -0.4 is 5.32 Å². The predicted molar refractivity (Wildman–Crippen MR) is 114 cm³/mol. The first-order chi connectivity index (χ1) is 14.0. The Morgan fingerprint density at radius 1 is 0.828 bits per heavy atom. The summed E-state index contributed by atoms with van der Waals surface area (Å²) >= 11 is 0. The molecule has 0 saturated carbocycles. The molecule has 1 aromatic rings. The summed E-state index contributed by atoms with van der Waals surface area (Å²) in [7, 11) is -3.38. The van der Waals surface area contributed by atoms with Gasteiger partial charge in [0.05, 0.1) is 6.54 Å². The van der Waals surface area contributed by atoms with Crippen LogP contribution in [0.25, 0.3) is 0 Å². The number of carbonyl (C=O) groups excluding carboxylic acids is 1. The molecule has 7 nitrogen and oxygen atoms in total. The van der Waals surface area contributed by atoms with Crippen molar-refractivity contribution in [2.75, 3.05) is 51.1 Å². The Hall–Kier alpha value is -1.48. The summed E-state index contributed by atoms with van der Waals surface area (Å²) in [4.78, 5) is 14.5. The number of rotatable bonds is 5. The number of fused-ring (bicyclic) bond motifs is 1. The lowest BCUT2D eigenvalue weighted by atomic mass is 10.1. The van der Waals surface area contributed by atoms with Crippen molar-refractivity contribution in [1.82, 2.24) is 13.5 Å². The van der Waals surface area contributed by atoms with Crippen LogP contribution in [-0.4, -0.2) is 73.6 Å². The first kappa shape index (κ1) is 20.8. The van der Waals surface area contributed by atoms with Gasteiger partial charge in [0.15, 0.2) is 0 Å². The highest BCUT2D eigenvalue weighted by Crippen LogP contribution is 2.25. The van der Waals surface area contributed by atoms with Gasteiger partial charge in [-0.1, -0.05) is 18.9 Å². The van der Waals surface area contributed by atoms with Gasteiger partial charge in [0.1, 0.15) is 0 Å². The van der Waals surface area contributed by atoms with E-state index in [1.165, 1.54) is 17.5 Å². The highest BCUT2D eigenvalue weighted by Gasteiger charge is 2.32. The molecular formula is C21H32N4O3S. The standard InChI is InChI=1S/C21H32N4O3S/c26-21(22-20-9-8-18-6-5-7-19(18)16-20)17-23-12-14-25(15-13-23)29(27,28)24-10-3-1-2-4-11-24/h8-9,16H,1-7,10-15,17H2,(H,22,26). The SMILES string of the molecule is O=C(CN1CCN(S(=O)(=O)N2CCCCCC2)CC1)Nc1ccc2c(c1)CCC2. The van der Waals surface area contributed by atoms with Gasteiger partial charge in [0.2, 0.25) is 5.91 Å². The molecule has 1 aromatic carbocycles. The zero-order valence-electron chi connectivity index (χ0n) is 17.1. The maximum Gasteiger partial charge on any atom is 0.282 e. The highest BCUT2D eigenvalue weighted by atomic mass is 32.2. The number of hydrogen-bond donors (Lipinski definition) is 1. The Labute approximate surface area is 174 Å². The van der Waals surface area contributed by atoms with Crippen LogP contribution >= 0.6 is 0 Å². The van der Waals surface area contributed by atoms with Crippen molar-refractivity contribution in [1.29, 1.82) is 0 Å². The second kappa shape index (κ2) is 9.12. The molecule has 8 heteroatoms. The van der Waals surface area contributed by atoms with Gasteiger partial charge in [0.25, 0.3) is 10.2 Å². The van der Waals surface area contributed by atoms with Crippen LogP contribution in [0, 0.1) is 0 Å². The zero-order chi connectivity index (χ0) is 20.3. The zero-order valence-corrected chi connectivity index (χ0v) is 17.9. The minimum Gasteiger partial charge on any atom is -0.325 e. The van der Waals surface area contributed by atoms with Crippen molar-refractivity contribution in [2.45, 2.75) is 44.9 Å². The van der Waals surface area contributed by atoms with Gasteiger partial charge >= 0.3 is 0 Å².